The number of anilines is 9. The molecule has 0 N–H and O–H groups in total. The summed E-state index contributed by atoms with van der Waals surface area (Å²) >= 11 is -0.00394. The third kappa shape index (κ3) is 17.4. The molecule has 25 heteroatoms. The van der Waals surface area contributed by atoms with Gasteiger partial charge in [-0.1, -0.05) is 221 Å². The molecule has 0 aliphatic heterocycles. The highest BCUT2D eigenvalue weighted by Gasteiger charge is 2.53. The number of hydrogen-bond acceptors (Lipinski definition) is 3. The molecule has 0 saturated carbocycles. The molecule has 3 aliphatic rings. The van der Waals surface area contributed by atoms with E-state index in [-0.39, 0.29) is 21.2 Å². The standard InChI is InChI=1S/C70H59N3.C24BF20.C15H16I/c1-49(2)66-48-67-50(3)47-68(66)70-65(54-35-41-62(42-36-54)72(57-23-13-6-14-24-57)58-25-15-7-16-26-58)46-45-64(69(67)70)53-33-43-63(44-34-53)73(59-27-17-8-18-28-59)61-39-31-52(32-40-61)51-29-37-60(38-30-51)71(55-19-9-4-10-20-55)56-21-11-5-12-22-56;26-5-1(6(27)14(35)21(42)13(5)34)25(2-7(28)15(36)22(43)16(37)8(2)29,3-9(30)17(38)23(44)18(39)10(3)31)4-11(32)19(40)24(45)20(41)12(4)33;1-12(2)13-8-10-15(11-9-13)16-14-6-4-3-5-7-14/h4-47,49,66-68H,48H2,1-3H3;;3-12H,1-2H3/q;-1;+1. The Bertz CT molecular complexity index is 6580. The van der Waals surface area contributed by atoms with E-state index in [2.05, 4.69) is 371 Å². The molecular weight excluding hydrogens is 1870 g/mol. The van der Waals surface area contributed by atoms with Crippen molar-refractivity contribution < 1.29 is 109 Å². The fourth-order valence-corrected chi connectivity index (χ4v) is 20.3. The van der Waals surface area contributed by atoms with Gasteiger partial charge in [-0.15, -0.1) is 21.9 Å². The van der Waals surface area contributed by atoms with Gasteiger partial charge in [-0.3, -0.25) is 0 Å². The van der Waals surface area contributed by atoms with Crippen LogP contribution in [-0.4, -0.2) is 6.15 Å². The molecule has 3 atom stereocenters. The van der Waals surface area contributed by atoms with Crippen LogP contribution in [0.5, 0.6) is 0 Å². The molecule has 0 saturated heterocycles. The molecule has 16 aromatic rings. The Labute approximate surface area is 769 Å². The van der Waals surface area contributed by atoms with E-state index in [4.69, 9.17) is 0 Å². The summed E-state index contributed by atoms with van der Waals surface area (Å²) in [5, 5.41) is 0. The Hall–Kier alpha value is -13.9. The van der Waals surface area contributed by atoms with Crippen molar-refractivity contribution in [3.63, 3.8) is 0 Å². The Morgan fingerprint density at radius 3 is 0.746 bits per heavy atom. The number of hydrogen-bond donors (Lipinski definition) is 0. The molecular formula is C109H75BF20IN3. The van der Waals surface area contributed by atoms with Crippen molar-refractivity contribution in [3.05, 3.63) is 467 Å². The summed E-state index contributed by atoms with van der Waals surface area (Å²) in [6.45, 7) is 11.7. The zero-order valence-electron chi connectivity index (χ0n) is 71.5. The van der Waals surface area contributed by atoms with Crippen molar-refractivity contribution in [2.75, 3.05) is 14.7 Å². The molecule has 3 nitrogen and oxygen atoms in total. The first-order chi connectivity index (χ1) is 64.4. The first kappa shape index (κ1) is 93.3. The minimum absolute atomic E-state index is 0.00394. The van der Waals surface area contributed by atoms with Crippen molar-refractivity contribution in [1.82, 2.24) is 0 Å². The second-order valence-electron chi connectivity index (χ2n) is 32.9. The van der Waals surface area contributed by atoms with E-state index in [1.54, 1.807) is 0 Å². The molecule has 0 fully saturated rings. The smallest absolute Gasteiger partial charge is 0.311 e. The topological polar surface area (TPSA) is 9.72 Å². The van der Waals surface area contributed by atoms with Crippen LogP contribution >= 0.6 is 0 Å². The number of nitrogens with zero attached hydrogens (tertiary/aromatic N) is 3. The lowest BCUT2D eigenvalue weighted by Crippen LogP contribution is -3.61. The SMILES string of the molecule is CC(C)c1ccc([I+]c2ccccc2)cc1.CC1=CC2c3c(-c4ccc(N(c5ccccc5)c5ccccc5)cc4)ccc(-c4ccc(N(c5ccccc5)c5ccc(-c6ccc(N(c7ccccc7)c7ccccc7)cc6)cc5)cc4)c3C1CC2C(C)C.Fc1c(F)c(F)c([B-](c2c(F)c(F)c(F)c(F)c2F)(c2c(F)c(F)c(F)c(F)c2F)c2c(F)c(F)c(F)c(F)c2F)c(F)c1F. The van der Waals surface area contributed by atoms with Crippen LogP contribution in [0.1, 0.15) is 75.5 Å². The molecule has 16 aromatic carbocycles. The molecule has 0 aromatic heterocycles. The largest absolute Gasteiger partial charge is 0.357 e. The van der Waals surface area contributed by atoms with E-state index in [1.807, 2.05) is 0 Å². The molecule has 0 amide bonds. The van der Waals surface area contributed by atoms with Gasteiger partial charge in [0.2, 0.25) is 0 Å². The molecule has 676 valence electrons. The summed E-state index contributed by atoms with van der Waals surface area (Å²) < 4.78 is 297. The van der Waals surface area contributed by atoms with E-state index in [0.717, 1.165) is 51.2 Å². The van der Waals surface area contributed by atoms with Crippen molar-refractivity contribution in [2.45, 2.75) is 58.8 Å². The van der Waals surface area contributed by atoms with Gasteiger partial charge < -0.3 is 14.7 Å². The molecule has 3 aliphatic carbocycles. The number of halogens is 21. The van der Waals surface area contributed by atoms with Crippen molar-refractivity contribution in [2.24, 2.45) is 11.8 Å². The minimum atomic E-state index is -7.22. The van der Waals surface area contributed by atoms with Crippen LogP contribution in [0.3, 0.4) is 0 Å². The Balaban J connectivity index is 0.000000181. The van der Waals surface area contributed by atoms with Gasteiger partial charge in [0.05, 0.1) is 0 Å². The molecule has 134 heavy (non-hydrogen) atoms. The number of allylic oxidation sites excluding steroid dienone is 2. The van der Waals surface area contributed by atoms with Crippen LogP contribution in [0.15, 0.2) is 327 Å². The second kappa shape index (κ2) is 39.1. The van der Waals surface area contributed by atoms with Crippen LogP contribution in [-0.2, 0) is 0 Å². The van der Waals surface area contributed by atoms with Gasteiger partial charge in [0.15, 0.2) is 76.9 Å². The van der Waals surface area contributed by atoms with Crippen LogP contribution in [0, 0.1) is 135 Å². The lowest BCUT2D eigenvalue weighted by molar-refractivity contribution is -0.597. The summed E-state index contributed by atoms with van der Waals surface area (Å²) in [5.74, 6) is -68.8. The lowest BCUT2D eigenvalue weighted by atomic mass is 9.12. The maximum atomic E-state index is 15.4. The Morgan fingerprint density at radius 2 is 0.485 bits per heavy atom. The maximum Gasteiger partial charge on any atom is 0.357 e. The summed E-state index contributed by atoms with van der Waals surface area (Å²) in [4.78, 5) is 7.02. The summed E-state index contributed by atoms with van der Waals surface area (Å²) in [7, 11) is 0. The van der Waals surface area contributed by atoms with Gasteiger partial charge in [-0.05, 0) is 215 Å². The third-order valence-corrected chi connectivity index (χ3v) is 27.2. The highest BCUT2D eigenvalue weighted by molar-refractivity contribution is 7.20. The van der Waals surface area contributed by atoms with Gasteiger partial charge in [-0.2, -0.15) is 0 Å². The van der Waals surface area contributed by atoms with Gasteiger partial charge in [-0.25, -0.2) is 87.8 Å². The van der Waals surface area contributed by atoms with Gasteiger partial charge in [0.25, 0.3) is 0 Å². The Kier molecular flexibility index (Phi) is 27.2. The normalized spacial score (nSPS) is 13.8. The number of para-hydroxylation sites is 5. The predicted molar refractivity (Wildman–Crippen MR) is 483 cm³/mol. The fourth-order valence-electron chi connectivity index (χ4n) is 18.1. The molecule has 2 bridgehead atoms. The molecule has 3 unspecified atom stereocenters. The van der Waals surface area contributed by atoms with E-state index >= 15 is 35.1 Å². The van der Waals surface area contributed by atoms with E-state index in [9.17, 15) is 52.7 Å². The average Bonchev–Trinajstić information content (AvgIpc) is 0.678. The lowest BCUT2D eigenvalue weighted by Gasteiger charge is -2.46. The summed E-state index contributed by atoms with van der Waals surface area (Å²) in [6.07, 6.45) is -3.41. The molecule has 0 radical (unpaired) electrons. The number of rotatable bonds is 20. The fraction of sp³-hybridized carbons (Fsp3) is 0.101. The molecule has 0 heterocycles. The molecule has 19 rings (SSSR count). The van der Waals surface area contributed by atoms with Gasteiger partial charge >= 0.3 is 21.2 Å². The van der Waals surface area contributed by atoms with Crippen molar-refractivity contribution in [1.29, 1.82) is 0 Å². The summed E-state index contributed by atoms with van der Waals surface area (Å²) in [5.41, 5.74) is 9.39. The third-order valence-electron chi connectivity index (χ3n) is 24.5. The van der Waals surface area contributed by atoms with Crippen molar-refractivity contribution in [3.8, 4) is 33.4 Å². The monoisotopic (exact) mass is 1940 g/mol. The number of fused-ring (bicyclic) bond motifs is 1. The maximum absolute atomic E-state index is 15.4. The quantitative estimate of drug-likeness (QED) is 0.0188. The van der Waals surface area contributed by atoms with E-state index in [1.165, 1.54) is 69.2 Å². The van der Waals surface area contributed by atoms with Crippen LogP contribution in [0.4, 0.5) is 139 Å². The van der Waals surface area contributed by atoms with Crippen LogP contribution < -0.4 is 57.8 Å². The number of benzene rings is 16. The van der Waals surface area contributed by atoms with Gasteiger partial charge in [0, 0.05) is 63.0 Å². The highest BCUT2D eigenvalue weighted by Crippen LogP contribution is 2.59. The van der Waals surface area contributed by atoms with E-state index in [0.29, 0.717) is 29.6 Å². The van der Waals surface area contributed by atoms with Crippen LogP contribution in [0.2, 0.25) is 0 Å². The second-order valence-corrected chi connectivity index (χ2v) is 35.9. The first-order valence-corrected chi connectivity index (χ1v) is 44.5. The summed E-state index contributed by atoms with van der Waals surface area (Å²) in [6, 6.07) is 114. The average molecular weight is 1940 g/mol. The van der Waals surface area contributed by atoms with Crippen molar-refractivity contribution >= 4 is 79.2 Å². The predicted octanol–water partition coefficient (Wildman–Crippen LogP) is 26.7. The van der Waals surface area contributed by atoms with Gasteiger partial charge in [0.1, 0.15) is 52.7 Å². The first-order valence-electron chi connectivity index (χ1n) is 42.4. The van der Waals surface area contributed by atoms with E-state index < -0.39 is 144 Å². The zero-order valence-corrected chi connectivity index (χ0v) is 73.7. The van der Waals surface area contributed by atoms with Crippen LogP contribution in [0.25, 0.3) is 33.4 Å². The molecule has 0 spiro atoms. The Morgan fingerprint density at radius 1 is 0.254 bits per heavy atom. The highest BCUT2D eigenvalue weighted by atomic mass is 127. The minimum Gasteiger partial charge on any atom is -0.311 e. The zero-order chi connectivity index (χ0) is 95.0.